The van der Waals surface area contributed by atoms with Crippen molar-refractivity contribution in [3.05, 3.63) is 28.5 Å². The highest BCUT2D eigenvalue weighted by Crippen LogP contribution is 2.40. The van der Waals surface area contributed by atoms with Gasteiger partial charge in [0.05, 0.1) is 18.0 Å². The van der Waals surface area contributed by atoms with Crippen molar-refractivity contribution < 1.29 is 45.4 Å². The second-order valence-corrected chi connectivity index (χ2v) is 9.96. The third-order valence-corrected chi connectivity index (χ3v) is 6.82. The van der Waals surface area contributed by atoms with Gasteiger partial charge in [0.1, 0.15) is 17.6 Å². The first kappa shape index (κ1) is 29.5. The van der Waals surface area contributed by atoms with Crippen LogP contribution in [0.15, 0.2) is 12.3 Å². The summed E-state index contributed by atoms with van der Waals surface area (Å²) in [6, 6.07) is -3.10. The molecule has 0 aromatic carbocycles. The minimum atomic E-state index is -4.69. The Kier molecular flexibility index (Phi) is 8.55. The average molecular weight is 572 g/mol. The Balaban J connectivity index is 2.11. The Hall–Kier alpha value is -3.01. The van der Waals surface area contributed by atoms with Crippen molar-refractivity contribution >= 4 is 29.0 Å². The summed E-state index contributed by atoms with van der Waals surface area (Å²) in [5.41, 5.74) is -1.78. The van der Waals surface area contributed by atoms with E-state index in [0.29, 0.717) is 17.4 Å². The van der Waals surface area contributed by atoms with Gasteiger partial charge in [-0.25, -0.2) is 27.5 Å². The lowest BCUT2D eigenvalue weighted by Crippen LogP contribution is -2.36. The van der Waals surface area contributed by atoms with Gasteiger partial charge in [-0.1, -0.05) is 0 Å². The Bertz CT molecular complexity index is 1190. The molecule has 16 heteroatoms. The molecule has 1 fully saturated rings. The highest BCUT2D eigenvalue weighted by atomic mass is 32.1. The molecule has 2 aromatic rings. The van der Waals surface area contributed by atoms with E-state index in [1.54, 1.807) is 0 Å². The van der Waals surface area contributed by atoms with Gasteiger partial charge in [-0.3, -0.25) is 9.59 Å². The number of thiazole rings is 1. The molecule has 0 aliphatic carbocycles. The summed E-state index contributed by atoms with van der Waals surface area (Å²) in [5.74, 6) is -5.61. The standard InChI is InChI=1S/C22H24F7N5O3S/c1-9(7-35)31-18(36)19-33-15(20(37)34-8-21(25,26)5-10(34)2)16(38-19)13-6-30-14(4-12(13)17(23)24)32-11(3)22(27,28)29/h4,6,9-11,17,35H,5,7-8H2,1-3H3,(H,30,32)(H,31,36)/t9-,10+,11+/m1/s1. The monoisotopic (exact) mass is 571 g/mol. The van der Waals surface area contributed by atoms with E-state index < -0.39 is 90.7 Å². The maximum absolute atomic E-state index is 14.1. The molecule has 0 radical (unpaired) electrons. The molecular weight excluding hydrogens is 547 g/mol. The largest absolute Gasteiger partial charge is 0.408 e. The minimum absolute atomic E-state index is 0.294. The fourth-order valence-corrected chi connectivity index (χ4v) is 4.71. The lowest BCUT2D eigenvalue weighted by Gasteiger charge is -2.21. The fourth-order valence-electron chi connectivity index (χ4n) is 3.72. The van der Waals surface area contributed by atoms with Gasteiger partial charge < -0.3 is 20.6 Å². The quantitative estimate of drug-likeness (QED) is 0.404. The van der Waals surface area contributed by atoms with Crippen molar-refractivity contribution in [3.8, 4) is 10.4 Å². The van der Waals surface area contributed by atoms with E-state index in [-0.39, 0.29) is 9.88 Å². The van der Waals surface area contributed by atoms with Gasteiger partial charge in [0.2, 0.25) is 0 Å². The van der Waals surface area contributed by atoms with Crippen LogP contribution in [-0.4, -0.2) is 75.2 Å². The number of nitrogens with one attached hydrogen (secondary N) is 2. The molecule has 3 atom stereocenters. The number of likely N-dealkylation sites (tertiary alicyclic amines) is 1. The number of anilines is 1. The van der Waals surface area contributed by atoms with Crippen LogP contribution in [0.2, 0.25) is 0 Å². The molecular formula is C22H24F7N5O3S. The van der Waals surface area contributed by atoms with Crippen LogP contribution in [0.25, 0.3) is 10.4 Å². The Labute approximate surface area is 216 Å². The van der Waals surface area contributed by atoms with E-state index in [2.05, 4.69) is 15.3 Å². The third kappa shape index (κ3) is 6.51. The van der Waals surface area contributed by atoms with E-state index in [1.165, 1.54) is 13.8 Å². The van der Waals surface area contributed by atoms with Crippen LogP contribution in [0.4, 0.5) is 36.6 Å². The average Bonchev–Trinajstić information content (AvgIpc) is 3.38. The zero-order chi connectivity index (χ0) is 28.6. The summed E-state index contributed by atoms with van der Waals surface area (Å²) in [4.78, 5) is 34.1. The van der Waals surface area contributed by atoms with E-state index in [4.69, 9.17) is 0 Å². The van der Waals surface area contributed by atoms with Crippen LogP contribution in [0.3, 0.4) is 0 Å². The normalized spacial score (nSPS) is 18.9. The Morgan fingerprint density at radius 2 is 1.95 bits per heavy atom. The fraction of sp³-hybridized carbons (Fsp3) is 0.545. The second kappa shape index (κ2) is 11.0. The predicted molar refractivity (Wildman–Crippen MR) is 124 cm³/mol. The maximum Gasteiger partial charge on any atom is 0.408 e. The number of aliphatic hydroxyl groups is 1. The number of halogens is 7. The number of amides is 2. The zero-order valence-corrected chi connectivity index (χ0v) is 21.1. The molecule has 210 valence electrons. The number of aromatic nitrogens is 2. The first-order valence-corrected chi connectivity index (χ1v) is 12.1. The molecule has 0 bridgehead atoms. The molecule has 8 nitrogen and oxygen atoms in total. The number of hydrogen-bond acceptors (Lipinski definition) is 7. The van der Waals surface area contributed by atoms with E-state index in [0.717, 1.165) is 18.0 Å². The number of aliphatic hydroxyl groups excluding tert-OH is 1. The van der Waals surface area contributed by atoms with Gasteiger partial charge in [-0.15, -0.1) is 11.3 Å². The van der Waals surface area contributed by atoms with Gasteiger partial charge in [0.15, 0.2) is 5.01 Å². The van der Waals surface area contributed by atoms with Crippen LogP contribution < -0.4 is 10.6 Å². The van der Waals surface area contributed by atoms with Crippen LogP contribution in [0, 0.1) is 0 Å². The summed E-state index contributed by atoms with van der Waals surface area (Å²) in [6.07, 6.45) is -7.77. The molecule has 38 heavy (non-hydrogen) atoms. The predicted octanol–water partition coefficient (Wildman–Crippen LogP) is 4.49. The summed E-state index contributed by atoms with van der Waals surface area (Å²) in [6.45, 7) is 2.20. The Morgan fingerprint density at radius 1 is 1.29 bits per heavy atom. The molecule has 1 aliphatic heterocycles. The van der Waals surface area contributed by atoms with Gasteiger partial charge in [0.25, 0.3) is 24.2 Å². The second-order valence-electron chi connectivity index (χ2n) is 8.96. The molecule has 0 unspecified atom stereocenters. The molecule has 2 amide bonds. The smallest absolute Gasteiger partial charge is 0.394 e. The van der Waals surface area contributed by atoms with Gasteiger partial charge >= 0.3 is 6.18 Å². The van der Waals surface area contributed by atoms with Gasteiger partial charge in [-0.05, 0) is 26.8 Å². The van der Waals surface area contributed by atoms with Crippen molar-refractivity contribution in [2.45, 2.75) is 63.8 Å². The lowest BCUT2D eigenvalue weighted by molar-refractivity contribution is -0.138. The number of rotatable bonds is 8. The molecule has 1 aliphatic rings. The highest BCUT2D eigenvalue weighted by molar-refractivity contribution is 7.17. The number of alkyl halides is 7. The van der Waals surface area contributed by atoms with Crippen LogP contribution in [0.5, 0.6) is 0 Å². The number of carbonyl (C=O) groups excluding carboxylic acids is 2. The van der Waals surface area contributed by atoms with Crippen LogP contribution in [0.1, 0.15) is 59.5 Å². The zero-order valence-electron chi connectivity index (χ0n) is 20.2. The molecule has 3 N–H and O–H groups in total. The molecule has 2 aromatic heterocycles. The number of pyridine rings is 1. The van der Waals surface area contributed by atoms with Crippen molar-refractivity contribution in [1.29, 1.82) is 0 Å². The van der Waals surface area contributed by atoms with Crippen molar-refractivity contribution in [1.82, 2.24) is 20.2 Å². The number of nitrogens with zero attached hydrogens (tertiary/aromatic N) is 3. The molecule has 0 spiro atoms. The van der Waals surface area contributed by atoms with Gasteiger partial charge in [-0.2, -0.15) is 13.2 Å². The highest BCUT2D eigenvalue weighted by Gasteiger charge is 2.46. The number of hydrogen-bond donors (Lipinski definition) is 3. The van der Waals surface area contributed by atoms with Crippen molar-refractivity contribution in [2.24, 2.45) is 0 Å². The lowest BCUT2D eigenvalue weighted by atomic mass is 10.1. The summed E-state index contributed by atoms with van der Waals surface area (Å²) >= 11 is 0.503. The minimum Gasteiger partial charge on any atom is -0.394 e. The first-order valence-electron chi connectivity index (χ1n) is 11.3. The Morgan fingerprint density at radius 3 is 2.47 bits per heavy atom. The summed E-state index contributed by atoms with van der Waals surface area (Å²) < 4.78 is 94.8. The number of carbonyl (C=O) groups is 2. The van der Waals surface area contributed by atoms with E-state index >= 15 is 0 Å². The van der Waals surface area contributed by atoms with Crippen molar-refractivity contribution in [2.75, 3.05) is 18.5 Å². The van der Waals surface area contributed by atoms with Gasteiger partial charge in [0, 0.05) is 35.8 Å². The van der Waals surface area contributed by atoms with E-state index in [9.17, 15) is 45.4 Å². The maximum atomic E-state index is 14.1. The molecule has 3 rings (SSSR count). The van der Waals surface area contributed by atoms with Crippen molar-refractivity contribution in [3.63, 3.8) is 0 Å². The topological polar surface area (TPSA) is 107 Å². The first-order chi connectivity index (χ1) is 17.5. The summed E-state index contributed by atoms with van der Waals surface area (Å²) in [7, 11) is 0. The molecule has 1 saturated heterocycles. The third-order valence-electron chi connectivity index (χ3n) is 5.74. The summed E-state index contributed by atoms with van der Waals surface area (Å²) in [5, 5.41) is 13.2. The molecule has 3 heterocycles. The van der Waals surface area contributed by atoms with Crippen LogP contribution in [-0.2, 0) is 0 Å². The SMILES string of the molecule is C[C@H](CO)NC(=O)c1nc(C(=O)N2CC(F)(F)C[C@@H]2C)c(-c2cnc(N[C@@H](C)C(F)(F)F)cc2C(F)F)s1. The molecule has 0 saturated carbocycles. The van der Waals surface area contributed by atoms with E-state index in [1.807, 2.05) is 5.32 Å². The van der Waals surface area contributed by atoms with Crippen LogP contribution >= 0.6 is 11.3 Å².